The zero-order valence-corrected chi connectivity index (χ0v) is 20.8. The normalized spacial score (nSPS) is 12.5. The van der Waals surface area contributed by atoms with Crippen LogP contribution in [0, 0.1) is 6.92 Å². The summed E-state index contributed by atoms with van der Waals surface area (Å²) in [5.74, 6) is -3.20. The first kappa shape index (κ1) is 28.1. The molecule has 1 N–H and O–H groups in total. The second kappa shape index (κ2) is 11.1. The number of anilines is 1. The molecule has 0 radical (unpaired) electrons. The Kier molecular flexibility index (Phi) is 8.89. The summed E-state index contributed by atoms with van der Waals surface area (Å²) < 4.78 is 72.8. The van der Waals surface area contributed by atoms with E-state index >= 15 is 0 Å². The number of nitrogens with zero attached hydrogens (tertiary/aromatic N) is 1. The summed E-state index contributed by atoms with van der Waals surface area (Å²) in [7, 11) is -2.32. The highest BCUT2D eigenvalue weighted by molar-refractivity contribution is 7.90. The molecule has 0 fully saturated rings. The molecule has 0 aliphatic rings. The minimum atomic E-state index is -5.14. The van der Waals surface area contributed by atoms with Gasteiger partial charge in [0.15, 0.2) is 11.5 Å². The molecule has 2 aromatic rings. The minimum Gasteiger partial charge on any atom is -0.493 e. The minimum absolute atomic E-state index is 0.00714. The number of benzene rings is 1. The van der Waals surface area contributed by atoms with E-state index in [2.05, 4.69) is 0 Å². The van der Waals surface area contributed by atoms with Crippen molar-refractivity contribution >= 4 is 44.4 Å². The van der Waals surface area contributed by atoms with Crippen molar-refractivity contribution in [3.8, 4) is 11.5 Å². The number of halogens is 3. The van der Waals surface area contributed by atoms with Gasteiger partial charge in [0.05, 0.1) is 36.1 Å². The molecule has 2 rings (SSSR count). The van der Waals surface area contributed by atoms with Crippen LogP contribution in [0.3, 0.4) is 0 Å². The fraction of sp³-hybridized carbons (Fsp3) is 0.381. The van der Waals surface area contributed by atoms with Crippen LogP contribution < -0.4 is 14.8 Å². The van der Waals surface area contributed by atoms with E-state index in [1.807, 2.05) is 0 Å². The third-order valence-electron chi connectivity index (χ3n) is 4.77. The molecule has 0 saturated heterocycles. The Morgan fingerprint density at radius 3 is 2.43 bits per heavy atom. The first-order valence-electron chi connectivity index (χ1n) is 9.96. The Hall–Kier alpha value is -3.13. The molecule has 3 amide bonds. The van der Waals surface area contributed by atoms with Gasteiger partial charge in [0.1, 0.15) is 9.84 Å². The van der Waals surface area contributed by atoms with Gasteiger partial charge in [0.25, 0.3) is 5.91 Å². The van der Waals surface area contributed by atoms with Gasteiger partial charge in [0, 0.05) is 11.6 Å². The maximum Gasteiger partial charge on any atom is 0.471 e. The Morgan fingerprint density at radius 1 is 1.26 bits per heavy atom. The van der Waals surface area contributed by atoms with E-state index < -0.39 is 39.6 Å². The van der Waals surface area contributed by atoms with Crippen molar-refractivity contribution in [2.45, 2.75) is 26.1 Å². The van der Waals surface area contributed by atoms with Crippen molar-refractivity contribution in [3.05, 3.63) is 40.3 Å². The molecule has 0 bridgehead atoms. The summed E-state index contributed by atoms with van der Waals surface area (Å²) >= 11 is 0.661. The number of amides is 3. The number of sulfone groups is 1. The third kappa shape index (κ3) is 6.94. The molecule has 0 spiro atoms. The van der Waals surface area contributed by atoms with Crippen LogP contribution in [0.25, 0.3) is 0 Å². The first-order chi connectivity index (χ1) is 16.2. The predicted molar refractivity (Wildman–Crippen MR) is 123 cm³/mol. The van der Waals surface area contributed by atoms with E-state index in [4.69, 9.17) is 9.47 Å². The van der Waals surface area contributed by atoms with E-state index in [-0.39, 0.29) is 40.5 Å². The number of thiophene rings is 1. The number of nitrogens with one attached hydrogen (secondary N) is 1. The van der Waals surface area contributed by atoms with Crippen LogP contribution >= 0.6 is 11.3 Å². The van der Waals surface area contributed by atoms with Crippen LogP contribution in [0.1, 0.15) is 34.5 Å². The first-order valence-corrected chi connectivity index (χ1v) is 12.9. The highest BCUT2D eigenvalue weighted by atomic mass is 32.2. The zero-order chi connectivity index (χ0) is 26.6. The average Bonchev–Trinajstić information content (AvgIpc) is 3.12. The molecule has 1 unspecified atom stereocenters. The summed E-state index contributed by atoms with van der Waals surface area (Å²) in [5.41, 5.74) is 0.0718. The second-order valence-corrected chi connectivity index (χ2v) is 10.4. The van der Waals surface area contributed by atoms with Gasteiger partial charge >= 0.3 is 12.1 Å². The van der Waals surface area contributed by atoms with Crippen LogP contribution in [0.15, 0.2) is 23.6 Å². The number of hydrogen-bond donors (Lipinski definition) is 1. The average molecular weight is 537 g/mol. The number of methoxy groups -OCH3 is 1. The van der Waals surface area contributed by atoms with Gasteiger partial charge in [-0.1, -0.05) is 6.07 Å². The lowest BCUT2D eigenvalue weighted by molar-refractivity contribution is -0.167. The fourth-order valence-corrected chi connectivity index (χ4v) is 5.00. The Bertz CT molecular complexity index is 1210. The topological polar surface area (TPSA) is 119 Å². The molecular formula is C21H23F3N2O7S2. The van der Waals surface area contributed by atoms with Gasteiger partial charge in [-0.15, -0.1) is 11.3 Å². The lowest BCUT2D eigenvalue weighted by Crippen LogP contribution is -2.37. The Labute approximate surface area is 203 Å². The maximum atomic E-state index is 13.2. The highest BCUT2D eigenvalue weighted by Crippen LogP contribution is 2.35. The van der Waals surface area contributed by atoms with Crippen molar-refractivity contribution in [1.82, 2.24) is 4.90 Å². The second-order valence-electron chi connectivity index (χ2n) is 7.32. The summed E-state index contributed by atoms with van der Waals surface area (Å²) in [6, 6.07) is 3.12. The standard InChI is InChI=1S/C21H23F3N2O7S2/c1-5-33-17-8-13(6-7-16(17)32-3)15(10-35(4,30)31)26(11-27)19(28)14-9-34-18(12(14)2)25-20(29)21(22,23)24/h6-9,11,15H,5,10H2,1-4H3,(H,25,29). The van der Waals surface area contributed by atoms with E-state index in [1.54, 1.807) is 12.2 Å². The van der Waals surface area contributed by atoms with Crippen molar-refractivity contribution in [3.63, 3.8) is 0 Å². The molecule has 35 heavy (non-hydrogen) atoms. The largest absolute Gasteiger partial charge is 0.493 e. The molecule has 14 heteroatoms. The molecule has 9 nitrogen and oxygen atoms in total. The third-order valence-corrected chi connectivity index (χ3v) is 6.69. The van der Waals surface area contributed by atoms with Gasteiger partial charge < -0.3 is 14.8 Å². The van der Waals surface area contributed by atoms with E-state index in [9.17, 15) is 36.0 Å². The highest BCUT2D eigenvalue weighted by Gasteiger charge is 2.39. The number of alkyl halides is 3. The monoisotopic (exact) mass is 536 g/mol. The van der Waals surface area contributed by atoms with Crippen LogP contribution in [-0.4, -0.2) is 63.4 Å². The maximum absolute atomic E-state index is 13.2. The number of carbonyl (C=O) groups excluding carboxylic acids is 3. The van der Waals surface area contributed by atoms with Crippen LogP contribution in [-0.2, 0) is 19.4 Å². The van der Waals surface area contributed by atoms with Gasteiger partial charge in [-0.2, -0.15) is 13.2 Å². The Morgan fingerprint density at radius 2 is 1.91 bits per heavy atom. The lowest BCUT2D eigenvalue weighted by atomic mass is 10.0. The lowest BCUT2D eigenvalue weighted by Gasteiger charge is -2.27. The Balaban J connectivity index is 2.51. The SMILES string of the molecule is CCOc1cc(C(CS(C)(=O)=O)N(C=O)C(=O)c2csc(NC(=O)C(F)(F)F)c2C)ccc1OC. The molecule has 0 saturated carbocycles. The molecule has 1 aromatic heterocycles. The van der Waals surface area contributed by atoms with Crippen molar-refractivity contribution in [2.24, 2.45) is 0 Å². The summed E-state index contributed by atoms with van der Waals surface area (Å²) in [6.45, 7) is 3.27. The van der Waals surface area contributed by atoms with Gasteiger partial charge in [-0.25, -0.2) is 8.42 Å². The van der Waals surface area contributed by atoms with Crippen LogP contribution in [0.2, 0.25) is 0 Å². The summed E-state index contributed by atoms with van der Waals surface area (Å²) in [4.78, 5) is 37.2. The summed E-state index contributed by atoms with van der Waals surface area (Å²) in [5, 5.41) is 2.63. The number of carbonyl (C=O) groups is 3. The quantitative estimate of drug-likeness (QED) is 0.463. The van der Waals surface area contributed by atoms with Crippen molar-refractivity contribution in [2.75, 3.05) is 31.0 Å². The molecule has 1 heterocycles. The van der Waals surface area contributed by atoms with Crippen LogP contribution in [0.5, 0.6) is 11.5 Å². The number of rotatable bonds is 10. The number of ether oxygens (including phenoxy) is 2. The van der Waals surface area contributed by atoms with Gasteiger partial charge in [-0.05, 0) is 37.1 Å². The molecule has 0 aliphatic heterocycles. The molecular weight excluding hydrogens is 513 g/mol. The summed E-state index contributed by atoms with van der Waals surface area (Å²) in [6.07, 6.45) is -4.06. The number of hydrogen-bond acceptors (Lipinski definition) is 8. The van der Waals surface area contributed by atoms with Gasteiger partial charge in [0.2, 0.25) is 6.41 Å². The van der Waals surface area contributed by atoms with Crippen molar-refractivity contribution in [1.29, 1.82) is 0 Å². The smallest absolute Gasteiger partial charge is 0.471 e. The number of imide groups is 1. The molecule has 0 aliphatic carbocycles. The van der Waals surface area contributed by atoms with E-state index in [0.717, 1.165) is 6.26 Å². The molecule has 192 valence electrons. The van der Waals surface area contributed by atoms with Crippen molar-refractivity contribution < 1.29 is 45.4 Å². The zero-order valence-electron chi connectivity index (χ0n) is 19.1. The molecule has 1 atom stereocenters. The fourth-order valence-electron chi connectivity index (χ4n) is 3.12. The van der Waals surface area contributed by atoms with Crippen LogP contribution in [0.4, 0.5) is 18.2 Å². The predicted octanol–water partition coefficient (Wildman–Crippen LogP) is 3.35. The molecule has 1 aromatic carbocycles. The van der Waals surface area contributed by atoms with E-state index in [0.29, 0.717) is 22.0 Å². The van der Waals surface area contributed by atoms with Gasteiger partial charge in [-0.3, -0.25) is 19.3 Å². The van der Waals surface area contributed by atoms with E-state index in [1.165, 1.54) is 37.6 Å².